The zero-order valence-corrected chi connectivity index (χ0v) is 10.9. The van der Waals surface area contributed by atoms with Gasteiger partial charge in [0, 0.05) is 12.2 Å². The summed E-state index contributed by atoms with van der Waals surface area (Å²) in [5.41, 5.74) is 2.78. The van der Waals surface area contributed by atoms with Crippen molar-refractivity contribution in [3.63, 3.8) is 0 Å². The Balaban J connectivity index is 2.13. The van der Waals surface area contributed by atoms with Crippen LogP contribution in [0.15, 0.2) is 48.5 Å². The smallest absolute Gasteiger partial charge is 0.406 e. The maximum atomic E-state index is 12.1. The SMILES string of the molecule is CCNc1ccc(-c2ccc(OC(F)(F)F)cc2)cc1. The van der Waals surface area contributed by atoms with Gasteiger partial charge in [0.1, 0.15) is 5.75 Å². The summed E-state index contributed by atoms with van der Waals surface area (Å²) in [5, 5.41) is 3.18. The number of nitrogens with one attached hydrogen (secondary N) is 1. The van der Waals surface area contributed by atoms with Crippen molar-refractivity contribution in [2.45, 2.75) is 13.3 Å². The molecule has 0 unspecified atom stereocenters. The number of anilines is 1. The first-order valence-corrected chi connectivity index (χ1v) is 6.18. The molecule has 0 aliphatic heterocycles. The molecule has 0 bridgehead atoms. The summed E-state index contributed by atoms with van der Waals surface area (Å²) in [5.74, 6) is -0.217. The number of halogens is 3. The molecule has 0 aliphatic carbocycles. The molecule has 0 radical (unpaired) electrons. The summed E-state index contributed by atoms with van der Waals surface area (Å²) >= 11 is 0. The van der Waals surface area contributed by atoms with E-state index < -0.39 is 6.36 Å². The van der Waals surface area contributed by atoms with Gasteiger partial charge in [-0.25, -0.2) is 0 Å². The molecule has 1 N–H and O–H groups in total. The molecule has 0 atom stereocenters. The number of ether oxygens (including phenoxy) is 1. The molecule has 0 spiro atoms. The van der Waals surface area contributed by atoms with Gasteiger partial charge >= 0.3 is 6.36 Å². The molecule has 0 saturated carbocycles. The number of hydrogen-bond donors (Lipinski definition) is 1. The highest BCUT2D eigenvalue weighted by Crippen LogP contribution is 2.27. The summed E-state index contributed by atoms with van der Waals surface area (Å²) in [4.78, 5) is 0. The van der Waals surface area contributed by atoms with E-state index in [9.17, 15) is 13.2 Å². The molecule has 0 aliphatic rings. The molecular weight excluding hydrogens is 267 g/mol. The fourth-order valence-electron chi connectivity index (χ4n) is 1.83. The topological polar surface area (TPSA) is 21.3 Å². The standard InChI is InChI=1S/C15H14F3NO/c1-2-19-13-7-3-11(4-8-13)12-5-9-14(10-6-12)20-15(16,17)18/h3-10,19H,2H2,1H3. The second-order valence-corrected chi connectivity index (χ2v) is 4.18. The van der Waals surface area contributed by atoms with Crippen LogP contribution in [0, 0.1) is 0 Å². The van der Waals surface area contributed by atoms with Crippen molar-refractivity contribution in [3.05, 3.63) is 48.5 Å². The quantitative estimate of drug-likeness (QED) is 0.878. The Morgan fingerprint density at radius 3 is 1.85 bits per heavy atom. The first kappa shape index (κ1) is 14.2. The molecule has 2 aromatic carbocycles. The molecule has 0 amide bonds. The van der Waals surface area contributed by atoms with Gasteiger partial charge in [0.15, 0.2) is 0 Å². The van der Waals surface area contributed by atoms with Crippen molar-refractivity contribution in [1.82, 2.24) is 0 Å². The third-order valence-electron chi connectivity index (χ3n) is 2.69. The van der Waals surface area contributed by atoms with Crippen LogP contribution in [-0.2, 0) is 0 Å². The lowest BCUT2D eigenvalue weighted by Crippen LogP contribution is -2.16. The van der Waals surface area contributed by atoms with Crippen molar-refractivity contribution >= 4 is 5.69 Å². The lowest BCUT2D eigenvalue weighted by atomic mass is 10.1. The van der Waals surface area contributed by atoms with Crippen LogP contribution < -0.4 is 10.1 Å². The molecule has 0 heterocycles. The van der Waals surface area contributed by atoms with Gasteiger partial charge in [-0.1, -0.05) is 24.3 Å². The summed E-state index contributed by atoms with van der Waals surface area (Å²) in [7, 11) is 0. The first-order valence-electron chi connectivity index (χ1n) is 6.18. The van der Waals surface area contributed by atoms with Crippen molar-refractivity contribution < 1.29 is 17.9 Å². The Bertz CT molecular complexity index is 547. The minimum Gasteiger partial charge on any atom is -0.406 e. The number of benzene rings is 2. The molecule has 20 heavy (non-hydrogen) atoms. The lowest BCUT2D eigenvalue weighted by Gasteiger charge is -2.10. The van der Waals surface area contributed by atoms with Crippen LogP contribution in [0.3, 0.4) is 0 Å². The highest BCUT2D eigenvalue weighted by molar-refractivity contribution is 5.66. The third-order valence-corrected chi connectivity index (χ3v) is 2.69. The fraction of sp³-hybridized carbons (Fsp3) is 0.200. The third kappa shape index (κ3) is 3.91. The van der Waals surface area contributed by atoms with E-state index >= 15 is 0 Å². The van der Waals surface area contributed by atoms with E-state index in [0.29, 0.717) is 0 Å². The molecule has 0 saturated heterocycles. The van der Waals surface area contributed by atoms with E-state index in [-0.39, 0.29) is 5.75 Å². The van der Waals surface area contributed by atoms with E-state index in [1.807, 2.05) is 31.2 Å². The number of hydrogen-bond acceptors (Lipinski definition) is 2. The largest absolute Gasteiger partial charge is 0.573 e. The molecule has 106 valence electrons. The maximum absolute atomic E-state index is 12.1. The van der Waals surface area contributed by atoms with Crippen molar-refractivity contribution in [2.75, 3.05) is 11.9 Å². The fourth-order valence-corrected chi connectivity index (χ4v) is 1.83. The van der Waals surface area contributed by atoms with E-state index in [1.54, 1.807) is 12.1 Å². The zero-order valence-electron chi connectivity index (χ0n) is 10.9. The Morgan fingerprint density at radius 1 is 0.900 bits per heavy atom. The average molecular weight is 281 g/mol. The van der Waals surface area contributed by atoms with Gasteiger partial charge in [-0.05, 0) is 42.3 Å². The van der Waals surface area contributed by atoms with Gasteiger partial charge in [0.25, 0.3) is 0 Å². The molecule has 2 aromatic rings. The summed E-state index contributed by atoms with van der Waals surface area (Å²) in [6.45, 7) is 2.84. The van der Waals surface area contributed by atoms with Crippen LogP contribution in [0.5, 0.6) is 5.75 Å². The summed E-state index contributed by atoms with van der Waals surface area (Å²) < 4.78 is 40.0. The van der Waals surface area contributed by atoms with Crippen LogP contribution in [0.4, 0.5) is 18.9 Å². The lowest BCUT2D eigenvalue weighted by molar-refractivity contribution is -0.274. The highest BCUT2D eigenvalue weighted by Gasteiger charge is 2.30. The molecule has 2 nitrogen and oxygen atoms in total. The van der Waals surface area contributed by atoms with Gasteiger partial charge < -0.3 is 10.1 Å². The second-order valence-electron chi connectivity index (χ2n) is 4.18. The Kier molecular flexibility index (Phi) is 4.17. The second kappa shape index (κ2) is 5.86. The summed E-state index contributed by atoms with van der Waals surface area (Å²) in [6.07, 6.45) is -4.66. The van der Waals surface area contributed by atoms with Gasteiger partial charge in [0.2, 0.25) is 0 Å². The van der Waals surface area contributed by atoms with Crippen molar-refractivity contribution in [1.29, 1.82) is 0 Å². The first-order chi connectivity index (χ1) is 9.48. The van der Waals surface area contributed by atoms with Gasteiger partial charge in [-0.15, -0.1) is 13.2 Å². The van der Waals surface area contributed by atoms with Crippen LogP contribution in [0.1, 0.15) is 6.92 Å². The predicted octanol–water partition coefficient (Wildman–Crippen LogP) is 4.68. The Morgan fingerprint density at radius 2 is 1.40 bits per heavy atom. The molecular formula is C15H14F3NO. The van der Waals surface area contributed by atoms with Crippen molar-refractivity contribution in [2.24, 2.45) is 0 Å². The monoisotopic (exact) mass is 281 g/mol. The van der Waals surface area contributed by atoms with Gasteiger partial charge in [0.05, 0.1) is 0 Å². The number of rotatable bonds is 4. The average Bonchev–Trinajstić information content (AvgIpc) is 2.39. The molecule has 0 fully saturated rings. The van der Waals surface area contributed by atoms with Gasteiger partial charge in [-0.3, -0.25) is 0 Å². The molecule has 2 rings (SSSR count). The van der Waals surface area contributed by atoms with E-state index in [4.69, 9.17) is 0 Å². The van der Waals surface area contributed by atoms with Crippen LogP contribution >= 0.6 is 0 Å². The van der Waals surface area contributed by atoms with Crippen molar-refractivity contribution in [3.8, 4) is 16.9 Å². The Hall–Kier alpha value is -2.17. The van der Waals surface area contributed by atoms with E-state index in [1.165, 1.54) is 12.1 Å². The molecule has 0 aromatic heterocycles. The van der Waals surface area contributed by atoms with Gasteiger partial charge in [-0.2, -0.15) is 0 Å². The van der Waals surface area contributed by atoms with Crippen LogP contribution in [0.25, 0.3) is 11.1 Å². The Labute approximate surface area is 115 Å². The van der Waals surface area contributed by atoms with E-state index in [2.05, 4.69) is 10.1 Å². The minimum absolute atomic E-state index is 0.217. The highest BCUT2D eigenvalue weighted by atomic mass is 19.4. The van der Waals surface area contributed by atoms with Crippen LogP contribution in [0.2, 0.25) is 0 Å². The zero-order chi connectivity index (χ0) is 14.6. The number of alkyl halides is 3. The van der Waals surface area contributed by atoms with E-state index in [0.717, 1.165) is 23.4 Å². The maximum Gasteiger partial charge on any atom is 0.573 e. The summed E-state index contributed by atoms with van der Waals surface area (Å²) in [6, 6.07) is 13.5. The molecule has 5 heteroatoms. The minimum atomic E-state index is -4.66. The van der Waals surface area contributed by atoms with Crippen LogP contribution in [-0.4, -0.2) is 12.9 Å². The predicted molar refractivity (Wildman–Crippen MR) is 72.7 cm³/mol. The normalized spacial score (nSPS) is 11.2.